The van der Waals surface area contributed by atoms with Crippen molar-refractivity contribution in [2.45, 2.75) is 39.2 Å². The fraction of sp³-hybridized carbons (Fsp3) is 0.857. The molecule has 5 nitrogen and oxygen atoms in total. The molecule has 0 spiro atoms. The Labute approximate surface area is 154 Å². The molecule has 1 heterocycles. The van der Waals surface area contributed by atoms with E-state index < -0.39 is 0 Å². The first-order valence-corrected chi connectivity index (χ1v) is 12.5. The first-order chi connectivity index (χ1) is 11.2. The molecule has 134 valence electrons. The molecule has 1 fully saturated rings. The van der Waals surface area contributed by atoms with E-state index in [2.05, 4.69) is 4.90 Å². The average molecular weight is 400 g/mol. The molecule has 0 unspecified atom stereocenters. The molecular weight excluding hydrogens is 374 g/mol. The maximum Gasteiger partial charge on any atom is 0.378 e. The summed E-state index contributed by atoms with van der Waals surface area (Å²) >= 11 is 0. The van der Waals surface area contributed by atoms with Gasteiger partial charge in [-0.3, -0.25) is 4.90 Å². The third-order valence-electron chi connectivity index (χ3n) is 3.21. The number of hydrogen-bond acceptors (Lipinski definition) is 9. The predicted octanol–water partition coefficient (Wildman–Crippen LogP) is 4.92. The van der Waals surface area contributed by atoms with Crippen LogP contribution in [0.25, 0.3) is 0 Å². The molecule has 0 saturated carbocycles. The molecular formula is C14H25NO4S4. The van der Waals surface area contributed by atoms with Gasteiger partial charge in [-0.15, -0.1) is 0 Å². The molecule has 0 aromatic rings. The maximum atomic E-state index is 11.4. The second kappa shape index (κ2) is 13.6. The Morgan fingerprint density at radius 3 is 1.83 bits per heavy atom. The van der Waals surface area contributed by atoms with Gasteiger partial charge in [-0.1, -0.05) is 28.0 Å². The van der Waals surface area contributed by atoms with E-state index in [0.717, 1.165) is 46.2 Å². The smallest absolute Gasteiger partial charge is 0.378 e. The minimum absolute atomic E-state index is 0.233. The molecule has 0 radical (unpaired) electrons. The molecule has 0 N–H and O–H groups in total. The van der Waals surface area contributed by atoms with Crippen LogP contribution in [0, 0.1) is 0 Å². The molecule has 1 aliphatic rings. The van der Waals surface area contributed by atoms with E-state index in [9.17, 15) is 9.59 Å². The molecule has 9 heteroatoms. The van der Waals surface area contributed by atoms with Gasteiger partial charge in [-0.2, -0.15) is 0 Å². The normalized spacial score (nSPS) is 15.6. The Bertz CT molecular complexity index is 330. The summed E-state index contributed by atoms with van der Waals surface area (Å²) in [7, 11) is 5.39. The van der Waals surface area contributed by atoms with E-state index in [-0.39, 0.29) is 10.6 Å². The highest BCUT2D eigenvalue weighted by Crippen LogP contribution is 2.31. The van der Waals surface area contributed by atoms with E-state index in [1.165, 1.54) is 40.9 Å². The lowest BCUT2D eigenvalue weighted by molar-refractivity contribution is 0.181. The van der Waals surface area contributed by atoms with Crippen molar-refractivity contribution in [1.82, 2.24) is 4.90 Å². The largest absolute Gasteiger partial charge is 0.457 e. The zero-order valence-electron chi connectivity index (χ0n) is 13.7. The highest BCUT2D eigenvalue weighted by Gasteiger charge is 2.22. The fourth-order valence-electron chi connectivity index (χ4n) is 2.15. The van der Waals surface area contributed by atoms with Crippen LogP contribution in [0.5, 0.6) is 0 Å². The van der Waals surface area contributed by atoms with Gasteiger partial charge < -0.3 is 9.47 Å². The molecule has 23 heavy (non-hydrogen) atoms. The first kappa shape index (κ1) is 21.3. The third-order valence-corrected chi connectivity index (χ3v) is 7.33. The summed E-state index contributed by atoms with van der Waals surface area (Å²) in [4.78, 5) is 25.3. The van der Waals surface area contributed by atoms with Gasteiger partial charge in [0.1, 0.15) is 0 Å². The van der Waals surface area contributed by atoms with E-state index in [4.69, 9.17) is 9.47 Å². The number of carbonyl (C=O) groups is 2. The van der Waals surface area contributed by atoms with Crippen LogP contribution in [0.2, 0.25) is 0 Å². The molecule has 0 atom stereocenters. The van der Waals surface area contributed by atoms with Crippen LogP contribution in [0.15, 0.2) is 0 Å². The summed E-state index contributed by atoms with van der Waals surface area (Å²) in [6.45, 7) is 6.63. The van der Waals surface area contributed by atoms with Crippen molar-refractivity contribution in [1.29, 1.82) is 0 Å². The van der Waals surface area contributed by atoms with Crippen LogP contribution in [-0.2, 0) is 9.47 Å². The Morgan fingerprint density at radius 2 is 1.39 bits per heavy atom. The first-order valence-electron chi connectivity index (χ1n) is 7.83. The van der Waals surface area contributed by atoms with Gasteiger partial charge in [-0.25, -0.2) is 9.59 Å². The molecule has 1 saturated heterocycles. The van der Waals surface area contributed by atoms with E-state index in [0.29, 0.717) is 19.3 Å². The number of nitrogens with zero attached hydrogens (tertiary/aromatic N) is 1. The number of ether oxygens (including phenoxy) is 2. The van der Waals surface area contributed by atoms with Crippen molar-refractivity contribution in [2.24, 2.45) is 0 Å². The van der Waals surface area contributed by atoms with Gasteiger partial charge in [0.25, 0.3) is 0 Å². The zero-order chi connectivity index (χ0) is 16.9. The summed E-state index contributed by atoms with van der Waals surface area (Å²) in [6, 6.07) is 0.356. The number of carbonyl (C=O) groups excluding carboxylic acids is 2. The minimum Gasteiger partial charge on any atom is -0.457 e. The molecule has 0 aromatic heterocycles. The lowest BCUT2D eigenvalue weighted by Gasteiger charge is -2.33. The standard InChI is InChI=1S/C14H25NO4S4/c1-3-18-13(16)22-20-10-12(15-8-6-5-7-9-15)11-21-23-14(17)19-4-2/h12H,3-11H2,1-2H3. The minimum atomic E-state index is -0.233. The highest BCUT2D eigenvalue weighted by molar-refractivity contribution is 8.82. The van der Waals surface area contributed by atoms with Crippen molar-refractivity contribution < 1.29 is 19.1 Å². The third kappa shape index (κ3) is 10.0. The summed E-state index contributed by atoms with van der Waals surface area (Å²) in [6.07, 6.45) is 3.74. The number of rotatable bonds is 9. The molecule has 1 rings (SSSR count). The molecule has 0 aromatic carbocycles. The second-order valence-corrected chi connectivity index (χ2v) is 9.40. The zero-order valence-corrected chi connectivity index (χ0v) is 16.9. The van der Waals surface area contributed by atoms with Crippen molar-refractivity contribution in [3.63, 3.8) is 0 Å². The molecule has 0 aliphatic carbocycles. The van der Waals surface area contributed by atoms with Crippen molar-refractivity contribution >= 4 is 53.8 Å². The summed E-state index contributed by atoms with van der Waals surface area (Å²) in [5.41, 5.74) is 0. The van der Waals surface area contributed by atoms with Crippen LogP contribution in [0.4, 0.5) is 9.59 Å². The summed E-state index contributed by atoms with van der Waals surface area (Å²) in [5, 5.41) is -0.466. The SMILES string of the molecule is CCOC(=O)SSCC(CSSC(=O)OCC)N1CCCCC1. The van der Waals surface area contributed by atoms with Gasteiger partial charge in [0.05, 0.1) is 13.2 Å². The van der Waals surface area contributed by atoms with Crippen LogP contribution in [0.3, 0.4) is 0 Å². The van der Waals surface area contributed by atoms with Gasteiger partial charge in [0.2, 0.25) is 0 Å². The Hall–Kier alpha value is 0.300. The van der Waals surface area contributed by atoms with E-state index >= 15 is 0 Å². The van der Waals surface area contributed by atoms with Crippen molar-refractivity contribution in [3.05, 3.63) is 0 Å². The summed E-state index contributed by atoms with van der Waals surface area (Å²) < 4.78 is 9.86. The Balaban J connectivity index is 2.35. The van der Waals surface area contributed by atoms with Crippen LogP contribution >= 0.6 is 43.2 Å². The lowest BCUT2D eigenvalue weighted by atomic mass is 10.1. The van der Waals surface area contributed by atoms with Crippen LogP contribution in [-0.4, -0.2) is 59.4 Å². The van der Waals surface area contributed by atoms with Gasteiger partial charge in [0, 0.05) is 39.1 Å². The van der Waals surface area contributed by atoms with Crippen molar-refractivity contribution in [3.8, 4) is 0 Å². The fourth-order valence-corrected chi connectivity index (χ4v) is 6.15. The van der Waals surface area contributed by atoms with Crippen molar-refractivity contribution in [2.75, 3.05) is 37.8 Å². The Kier molecular flexibility index (Phi) is 12.6. The highest BCUT2D eigenvalue weighted by atomic mass is 33.1. The van der Waals surface area contributed by atoms with E-state index in [1.54, 1.807) is 0 Å². The number of hydrogen-bond donors (Lipinski definition) is 0. The molecule has 0 amide bonds. The second-order valence-electron chi connectivity index (χ2n) is 4.85. The van der Waals surface area contributed by atoms with Crippen LogP contribution in [0.1, 0.15) is 33.1 Å². The maximum absolute atomic E-state index is 11.4. The quantitative estimate of drug-likeness (QED) is 0.397. The molecule has 1 aliphatic heterocycles. The van der Waals surface area contributed by atoms with Crippen LogP contribution < -0.4 is 0 Å². The summed E-state index contributed by atoms with van der Waals surface area (Å²) in [5.74, 6) is 1.69. The number of piperidine rings is 1. The Morgan fingerprint density at radius 1 is 0.913 bits per heavy atom. The van der Waals surface area contributed by atoms with Gasteiger partial charge >= 0.3 is 10.6 Å². The molecule has 0 bridgehead atoms. The van der Waals surface area contributed by atoms with Gasteiger partial charge in [0.15, 0.2) is 0 Å². The topological polar surface area (TPSA) is 55.8 Å². The predicted molar refractivity (Wildman–Crippen MR) is 103 cm³/mol. The monoisotopic (exact) mass is 399 g/mol. The van der Waals surface area contributed by atoms with E-state index in [1.807, 2.05) is 13.8 Å². The number of likely N-dealkylation sites (tertiary alicyclic amines) is 1. The average Bonchev–Trinajstić information content (AvgIpc) is 2.55. The lowest BCUT2D eigenvalue weighted by Crippen LogP contribution is -2.42. The van der Waals surface area contributed by atoms with Gasteiger partial charge in [-0.05, 0) is 39.8 Å².